The molecule has 0 fully saturated rings. The van der Waals surface area contributed by atoms with E-state index >= 15 is 0 Å². The molecule has 0 bridgehead atoms. The molecular weight excluding hydrogens is 432 g/mol. The van der Waals surface area contributed by atoms with Gasteiger partial charge in [0.2, 0.25) is 5.95 Å². The first-order valence-corrected chi connectivity index (χ1v) is 9.51. The average Bonchev–Trinajstić information content (AvgIpc) is 3.18. The summed E-state index contributed by atoms with van der Waals surface area (Å²) in [6.07, 6.45) is 2.01. The molecule has 0 radical (unpaired) electrons. The van der Waals surface area contributed by atoms with Gasteiger partial charge in [0.15, 0.2) is 16.3 Å². The molecular formula is C16H16N8O6S. The highest BCUT2D eigenvalue weighted by Gasteiger charge is 2.22. The number of hydrogen-bond donors (Lipinski definition) is 6. The number of carbonyl (C=O) groups is 3. The van der Waals surface area contributed by atoms with Crippen LogP contribution < -0.4 is 21.9 Å². The molecule has 14 nitrogen and oxygen atoms in total. The van der Waals surface area contributed by atoms with Crippen molar-refractivity contribution in [2.45, 2.75) is 25.4 Å². The van der Waals surface area contributed by atoms with Crippen LogP contribution in [0.25, 0.3) is 11.2 Å². The second-order valence-corrected chi connectivity index (χ2v) is 7.20. The number of aromatic nitrogens is 5. The Morgan fingerprint density at radius 2 is 1.97 bits per heavy atom. The van der Waals surface area contributed by atoms with Crippen LogP contribution >= 0.6 is 11.3 Å². The fourth-order valence-corrected chi connectivity index (χ4v) is 3.15. The highest BCUT2D eigenvalue weighted by molar-refractivity contribution is 7.17. The highest BCUT2D eigenvalue weighted by atomic mass is 32.1. The molecule has 3 aromatic heterocycles. The molecule has 0 aliphatic carbocycles. The lowest BCUT2D eigenvalue weighted by molar-refractivity contribution is -0.140. The number of thiazole rings is 1. The molecule has 31 heavy (non-hydrogen) atoms. The van der Waals surface area contributed by atoms with Crippen molar-refractivity contribution in [1.82, 2.24) is 30.2 Å². The first kappa shape index (κ1) is 21.6. The summed E-state index contributed by atoms with van der Waals surface area (Å²) in [4.78, 5) is 64.5. The molecule has 0 aromatic carbocycles. The van der Waals surface area contributed by atoms with Crippen LogP contribution in [0.2, 0.25) is 0 Å². The Morgan fingerprint density at radius 1 is 1.19 bits per heavy atom. The van der Waals surface area contributed by atoms with Crippen LogP contribution in [0.1, 0.15) is 28.2 Å². The number of amides is 1. The van der Waals surface area contributed by atoms with E-state index in [1.54, 1.807) is 0 Å². The van der Waals surface area contributed by atoms with E-state index in [4.69, 9.17) is 15.9 Å². The van der Waals surface area contributed by atoms with Crippen LogP contribution in [0.5, 0.6) is 0 Å². The van der Waals surface area contributed by atoms with E-state index < -0.39 is 35.9 Å². The minimum absolute atomic E-state index is 0.0220. The summed E-state index contributed by atoms with van der Waals surface area (Å²) in [6.45, 7) is 0.137. The first-order valence-electron chi connectivity index (χ1n) is 8.69. The third kappa shape index (κ3) is 5.47. The minimum Gasteiger partial charge on any atom is -0.481 e. The van der Waals surface area contributed by atoms with Gasteiger partial charge in [0.05, 0.1) is 24.6 Å². The van der Waals surface area contributed by atoms with Gasteiger partial charge in [0.1, 0.15) is 10.9 Å². The minimum atomic E-state index is -1.34. The number of nitrogens with one attached hydrogen (secondary N) is 3. The van der Waals surface area contributed by atoms with Gasteiger partial charge in [-0.3, -0.25) is 19.4 Å². The number of carbonyl (C=O) groups excluding carboxylic acids is 1. The molecule has 7 N–H and O–H groups in total. The molecule has 1 unspecified atom stereocenters. The highest BCUT2D eigenvalue weighted by Crippen LogP contribution is 2.19. The number of aliphatic carboxylic acids is 2. The Morgan fingerprint density at radius 3 is 2.68 bits per heavy atom. The second-order valence-electron chi connectivity index (χ2n) is 6.16. The molecule has 0 spiro atoms. The Balaban J connectivity index is 1.63. The zero-order chi connectivity index (χ0) is 22.5. The van der Waals surface area contributed by atoms with Crippen molar-refractivity contribution in [2.24, 2.45) is 0 Å². The van der Waals surface area contributed by atoms with Crippen molar-refractivity contribution < 1.29 is 24.6 Å². The van der Waals surface area contributed by atoms with E-state index in [-0.39, 0.29) is 35.0 Å². The lowest BCUT2D eigenvalue weighted by atomic mass is 10.1. The largest absolute Gasteiger partial charge is 0.481 e. The molecule has 0 aliphatic heterocycles. The number of nitrogens with zero attached hydrogens (tertiary/aromatic N) is 4. The van der Waals surface area contributed by atoms with Crippen molar-refractivity contribution in [1.29, 1.82) is 0 Å². The van der Waals surface area contributed by atoms with Crippen LogP contribution in [0.3, 0.4) is 0 Å². The number of carboxylic acid groups (broad SMARTS) is 2. The molecule has 0 saturated heterocycles. The van der Waals surface area contributed by atoms with Gasteiger partial charge in [-0.1, -0.05) is 11.3 Å². The standard InChI is InChI=1S/C16H16N8O6S/c17-15-23-11-10(13(28)24-15)21-6(3-18-11)4-19-16-20-5-8(31-16)12(27)22-7(14(29)30)1-2-9(25)26/h3,5,7H,1-2,4H2,(H,19,20)(H,22,27)(H,25,26)(H,29,30)(H3,17,18,23,24,28). The number of nitrogens with two attached hydrogens (primary N) is 1. The summed E-state index contributed by atoms with van der Waals surface area (Å²) in [5.41, 5.74) is 5.46. The zero-order valence-corrected chi connectivity index (χ0v) is 16.5. The van der Waals surface area contributed by atoms with Gasteiger partial charge in [-0.05, 0) is 6.42 Å². The number of H-pyrrole nitrogens is 1. The van der Waals surface area contributed by atoms with Gasteiger partial charge in [-0.15, -0.1) is 0 Å². The van der Waals surface area contributed by atoms with Gasteiger partial charge in [0.25, 0.3) is 11.5 Å². The molecule has 3 rings (SSSR count). The summed E-state index contributed by atoms with van der Waals surface area (Å²) >= 11 is 0.959. The Labute approximate surface area is 176 Å². The summed E-state index contributed by atoms with van der Waals surface area (Å²) in [6, 6.07) is -1.34. The van der Waals surface area contributed by atoms with Crippen LogP contribution in [-0.4, -0.2) is 59.0 Å². The molecule has 15 heteroatoms. The van der Waals surface area contributed by atoms with Gasteiger partial charge < -0.3 is 26.6 Å². The van der Waals surface area contributed by atoms with Crippen molar-refractivity contribution >= 4 is 51.4 Å². The van der Waals surface area contributed by atoms with E-state index in [1.807, 2.05) is 0 Å². The number of fused-ring (bicyclic) bond motifs is 1. The predicted molar refractivity (Wildman–Crippen MR) is 108 cm³/mol. The summed E-state index contributed by atoms with van der Waals surface area (Å²) in [7, 11) is 0. The first-order chi connectivity index (χ1) is 14.7. The number of aromatic amines is 1. The SMILES string of the molecule is Nc1nc2ncc(CNc3ncc(C(=O)NC(CCC(=O)O)C(=O)O)s3)nc2c(=O)[nH]1. The molecule has 1 atom stereocenters. The number of nitrogen functional groups attached to an aromatic ring is 1. The van der Waals surface area contributed by atoms with Crippen molar-refractivity contribution in [2.75, 3.05) is 11.1 Å². The fourth-order valence-electron chi connectivity index (χ4n) is 2.44. The number of carboxylic acids is 2. The summed E-state index contributed by atoms with van der Waals surface area (Å²) in [5, 5.41) is 23.3. The van der Waals surface area contributed by atoms with Crippen molar-refractivity contribution in [3.63, 3.8) is 0 Å². The lowest BCUT2D eigenvalue weighted by Crippen LogP contribution is -2.40. The summed E-state index contributed by atoms with van der Waals surface area (Å²) < 4.78 is 0. The monoisotopic (exact) mass is 448 g/mol. The second kappa shape index (κ2) is 9.12. The van der Waals surface area contributed by atoms with Crippen LogP contribution in [-0.2, 0) is 16.1 Å². The number of rotatable bonds is 9. The smallest absolute Gasteiger partial charge is 0.326 e. The maximum Gasteiger partial charge on any atom is 0.326 e. The molecule has 3 aromatic rings. The van der Waals surface area contributed by atoms with Gasteiger partial charge in [-0.2, -0.15) is 4.98 Å². The predicted octanol–water partition coefficient (Wildman–Crippen LogP) is -0.588. The van der Waals surface area contributed by atoms with Gasteiger partial charge >= 0.3 is 11.9 Å². The van der Waals surface area contributed by atoms with Gasteiger partial charge in [-0.25, -0.2) is 19.7 Å². The molecule has 3 heterocycles. The third-order valence-corrected chi connectivity index (χ3v) is 4.84. The molecule has 0 saturated carbocycles. The van der Waals surface area contributed by atoms with E-state index in [0.717, 1.165) is 11.3 Å². The molecule has 162 valence electrons. The topological polar surface area (TPSA) is 226 Å². The van der Waals surface area contributed by atoms with Crippen molar-refractivity contribution in [3.8, 4) is 0 Å². The van der Waals surface area contributed by atoms with Crippen LogP contribution in [0, 0.1) is 0 Å². The normalized spacial score (nSPS) is 11.7. The molecule has 0 aliphatic rings. The molecule has 1 amide bonds. The van der Waals surface area contributed by atoms with Crippen molar-refractivity contribution in [3.05, 3.63) is 33.3 Å². The Hall–Kier alpha value is -4.14. The quantitative estimate of drug-likeness (QED) is 0.241. The zero-order valence-electron chi connectivity index (χ0n) is 15.7. The average molecular weight is 448 g/mol. The Kier molecular flexibility index (Phi) is 6.35. The van der Waals surface area contributed by atoms with Crippen LogP contribution in [0.15, 0.2) is 17.2 Å². The number of hydrogen-bond acceptors (Lipinski definition) is 11. The Bertz CT molecular complexity index is 1210. The number of anilines is 2. The maximum atomic E-state index is 12.2. The fraction of sp³-hybridized carbons (Fsp3) is 0.250. The lowest BCUT2D eigenvalue weighted by Gasteiger charge is -2.12. The van der Waals surface area contributed by atoms with E-state index in [1.165, 1.54) is 12.4 Å². The van der Waals surface area contributed by atoms with Crippen LogP contribution in [0.4, 0.5) is 11.1 Å². The third-order valence-electron chi connectivity index (χ3n) is 3.89. The maximum absolute atomic E-state index is 12.2. The summed E-state index contributed by atoms with van der Waals surface area (Å²) in [5.74, 6) is -3.26. The van der Waals surface area contributed by atoms with E-state index in [9.17, 15) is 19.2 Å². The van der Waals surface area contributed by atoms with Gasteiger partial charge in [0, 0.05) is 6.42 Å². The van der Waals surface area contributed by atoms with E-state index in [2.05, 4.69) is 35.6 Å². The van der Waals surface area contributed by atoms with E-state index in [0.29, 0.717) is 10.8 Å².